The molecule has 0 aliphatic carbocycles. The topological polar surface area (TPSA) is 46.5 Å². The molecule has 0 amide bonds. The van der Waals surface area contributed by atoms with Gasteiger partial charge in [0, 0.05) is 0 Å². The maximum atomic E-state index is 10.4. The van der Waals surface area contributed by atoms with Crippen LogP contribution in [0.2, 0.25) is 0 Å². The Labute approximate surface area is 62.1 Å². The first-order chi connectivity index (χ1) is 4.16. The summed E-state index contributed by atoms with van der Waals surface area (Å²) in [6.45, 7) is 1.54. The molecule has 0 saturated heterocycles. The molecule has 0 aliphatic rings. The first-order valence-corrected chi connectivity index (χ1v) is 3.52. The normalized spacial score (nSPS) is 12.8. The van der Waals surface area contributed by atoms with Crippen molar-refractivity contribution in [1.29, 1.82) is 0 Å². The number of aliphatic hydroxyl groups excluding tert-OH is 1. The number of alkyl halides is 1. The number of hydrogen-bond acceptors (Lipinski definition) is 3. The Morgan fingerprint density at radius 2 is 2.44 bits per heavy atom. The summed E-state index contributed by atoms with van der Waals surface area (Å²) in [5, 5.41) is 7.97. The summed E-state index contributed by atoms with van der Waals surface area (Å²) in [5.74, 6) is -0.387. The zero-order valence-corrected chi connectivity index (χ0v) is 6.72. The molecule has 0 bridgehead atoms. The molecule has 0 rings (SSSR count). The summed E-state index contributed by atoms with van der Waals surface area (Å²) >= 11 is 3.02. The van der Waals surface area contributed by atoms with Crippen LogP contribution in [0.5, 0.6) is 0 Å². The van der Waals surface area contributed by atoms with E-state index in [1.165, 1.54) is 0 Å². The molecule has 0 saturated carbocycles. The van der Waals surface area contributed by atoms with E-state index in [9.17, 15) is 4.79 Å². The van der Waals surface area contributed by atoms with Crippen molar-refractivity contribution in [2.75, 3.05) is 6.61 Å². The van der Waals surface area contributed by atoms with Crippen molar-refractivity contribution in [3.63, 3.8) is 0 Å². The van der Waals surface area contributed by atoms with Gasteiger partial charge in [0.25, 0.3) is 0 Å². The zero-order valence-electron chi connectivity index (χ0n) is 5.13. The summed E-state index contributed by atoms with van der Waals surface area (Å²) in [6.07, 6.45) is 0.0654. The summed E-state index contributed by atoms with van der Waals surface area (Å²) < 4.78 is 4.61. The number of carbonyl (C=O) groups is 1. The van der Waals surface area contributed by atoms with Crippen molar-refractivity contribution in [2.24, 2.45) is 0 Å². The lowest BCUT2D eigenvalue weighted by Gasteiger charge is -2.03. The number of aliphatic hydroxyl groups is 1. The van der Waals surface area contributed by atoms with Crippen molar-refractivity contribution in [3.8, 4) is 0 Å². The molecule has 3 nitrogen and oxygen atoms in total. The van der Waals surface area contributed by atoms with E-state index in [4.69, 9.17) is 5.11 Å². The molecule has 4 heteroatoms. The molecule has 0 aromatic carbocycles. The van der Waals surface area contributed by atoms with Crippen LogP contribution in [0.4, 0.5) is 0 Å². The predicted molar refractivity (Wildman–Crippen MR) is 36.2 cm³/mol. The summed E-state index contributed by atoms with van der Waals surface area (Å²) in [6, 6.07) is 0. The fourth-order valence-corrected chi connectivity index (χ4v) is 0.540. The largest absolute Gasteiger partial charge is 0.451 e. The van der Waals surface area contributed by atoms with E-state index in [0.717, 1.165) is 0 Å². The average molecular weight is 197 g/mol. The minimum absolute atomic E-state index is 0.0654. The molecule has 0 heterocycles. The Hall–Kier alpha value is -0.0900. The Balaban J connectivity index is 3.27. The molecule has 0 radical (unpaired) electrons. The highest BCUT2D eigenvalue weighted by atomic mass is 79.9. The smallest absolute Gasteiger partial charge is 0.309 e. The van der Waals surface area contributed by atoms with Gasteiger partial charge in [-0.2, -0.15) is 0 Å². The summed E-state index contributed by atoms with van der Waals surface area (Å²) in [4.78, 5) is 10.4. The predicted octanol–water partition coefficient (Wildman–Crippen LogP) is 0.653. The van der Waals surface area contributed by atoms with Crippen molar-refractivity contribution >= 4 is 21.9 Å². The molecule has 0 fully saturated rings. The van der Waals surface area contributed by atoms with Gasteiger partial charge in [-0.1, -0.05) is 0 Å². The first kappa shape index (κ1) is 8.91. The summed E-state index contributed by atoms with van der Waals surface area (Å²) in [7, 11) is 0. The van der Waals surface area contributed by atoms with Gasteiger partial charge in [0.2, 0.25) is 0 Å². The van der Waals surface area contributed by atoms with Crippen LogP contribution in [0.15, 0.2) is 0 Å². The minimum Gasteiger partial charge on any atom is -0.451 e. The molecular formula is C5H9BrO3. The minimum atomic E-state index is -0.387. The van der Waals surface area contributed by atoms with E-state index < -0.39 is 0 Å². The quantitative estimate of drug-likeness (QED) is 0.533. The van der Waals surface area contributed by atoms with Crippen LogP contribution in [-0.2, 0) is 9.53 Å². The average Bonchev–Trinajstić information content (AvgIpc) is 1.63. The maximum absolute atomic E-state index is 10.4. The molecule has 0 aromatic heterocycles. The van der Waals surface area contributed by atoms with Crippen molar-refractivity contribution in [3.05, 3.63) is 0 Å². The van der Waals surface area contributed by atoms with Crippen LogP contribution in [0.1, 0.15) is 13.3 Å². The van der Waals surface area contributed by atoms with Crippen LogP contribution < -0.4 is 0 Å². The Morgan fingerprint density at radius 3 is 2.78 bits per heavy atom. The highest BCUT2D eigenvalue weighted by Crippen LogP contribution is 2.00. The standard InChI is InChI=1S/C5H9BrO3/c1-4(6)9-5(8)2-3-7/h4,7H,2-3H2,1H3. The molecule has 0 spiro atoms. The van der Waals surface area contributed by atoms with Gasteiger partial charge in [0.15, 0.2) is 5.01 Å². The SMILES string of the molecule is CC(Br)OC(=O)CCO. The first-order valence-electron chi connectivity index (χ1n) is 2.61. The van der Waals surface area contributed by atoms with Crippen LogP contribution >= 0.6 is 15.9 Å². The highest BCUT2D eigenvalue weighted by Gasteiger charge is 2.03. The second-order valence-electron chi connectivity index (χ2n) is 1.51. The van der Waals surface area contributed by atoms with E-state index in [2.05, 4.69) is 20.7 Å². The second-order valence-corrected chi connectivity index (χ2v) is 2.80. The van der Waals surface area contributed by atoms with Gasteiger partial charge in [-0.25, -0.2) is 0 Å². The third-order valence-electron chi connectivity index (χ3n) is 0.610. The number of hydrogen-bond donors (Lipinski definition) is 1. The molecule has 1 unspecified atom stereocenters. The third-order valence-corrected chi connectivity index (χ3v) is 0.797. The number of esters is 1. The Morgan fingerprint density at radius 1 is 1.89 bits per heavy atom. The van der Waals surface area contributed by atoms with Gasteiger partial charge in [0.1, 0.15) is 0 Å². The second kappa shape index (κ2) is 4.76. The third kappa shape index (κ3) is 5.79. The van der Waals surface area contributed by atoms with Crippen LogP contribution in [-0.4, -0.2) is 22.7 Å². The van der Waals surface area contributed by atoms with Gasteiger partial charge in [0.05, 0.1) is 13.0 Å². The fourth-order valence-electron chi connectivity index (χ4n) is 0.331. The van der Waals surface area contributed by atoms with Crippen LogP contribution in [0.3, 0.4) is 0 Å². The van der Waals surface area contributed by atoms with Crippen LogP contribution in [0.25, 0.3) is 0 Å². The molecular weight excluding hydrogens is 188 g/mol. The lowest BCUT2D eigenvalue weighted by atomic mass is 10.5. The lowest BCUT2D eigenvalue weighted by molar-refractivity contribution is -0.144. The molecule has 0 aliphatic heterocycles. The van der Waals surface area contributed by atoms with Crippen molar-refractivity contribution < 1.29 is 14.6 Å². The highest BCUT2D eigenvalue weighted by molar-refractivity contribution is 9.09. The number of halogens is 1. The van der Waals surface area contributed by atoms with E-state index in [0.29, 0.717) is 0 Å². The van der Waals surface area contributed by atoms with E-state index in [-0.39, 0.29) is 24.0 Å². The molecule has 9 heavy (non-hydrogen) atoms. The number of rotatable bonds is 3. The molecule has 54 valence electrons. The molecule has 1 atom stereocenters. The van der Waals surface area contributed by atoms with Gasteiger partial charge in [-0.05, 0) is 22.9 Å². The van der Waals surface area contributed by atoms with Crippen LogP contribution in [0, 0.1) is 0 Å². The van der Waals surface area contributed by atoms with Gasteiger partial charge in [-0.3, -0.25) is 4.79 Å². The number of carbonyl (C=O) groups excluding carboxylic acids is 1. The van der Waals surface area contributed by atoms with E-state index in [1.807, 2.05) is 0 Å². The number of ether oxygens (including phenoxy) is 1. The Kier molecular flexibility index (Phi) is 4.71. The maximum Gasteiger partial charge on any atom is 0.309 e. The van der Waals surface area contributed by atoms with E-state index in [1.54, 1.807) is 6.92 Å². The summed E-state index contributed by atoms with van der Waals surface area (Å²) in [5.41, 5.74) is 0. The van der Waals surface area contributed by atoms with Crippen molar-refractivity contribution in [1.82, 2.24) is 0 Å². The van der Waals surface area contributed by atoms with Gasteiger partial charge >= 0.3 is 5.97 Å². The van der Waals surface area contributed by atoms with Crippen molar-refractivity contribution in [2.45, 2.75) is 18.4 Å². The zero-order chi connectivity index (χ0) is 7.28. The van der Waals surface area contributed by atoms with Gasteiger partial charge in [-0.15, -0.1) is 0 Å². The van der Waals surface area contributed by atoms with E-state index >= 15 is 0 Å². The monoisotopic (exact) mass is 196 g/mol. The fraction of sp³-hybridized carbons (Fsp3) is 0.800. The molecule has 1 N–H and O–H groups in total. The van der Waals surface area contributed by atoms with Gasteiger partial charge < -0.3 is 9.84 Å². The Bertz CT molecular complexity index is 92.2. The molecule has 0 aromatic rings. The lowest BCUT2D eigenvalue weighted by Crippen LogP contribution is -2.09.